The molecule has 132 valence electrons. The first-order valence-corrected chi connectivity index (χ1v) is 9.42. The summed E-state index contributed by atoms with van der Waals surface area (Å²) in [6, 6.07) is 25.0. The monoisotopic (exact) mass is 371 g/mol. The van der Waals surface area contributed by atoms with Gasteiger partial charge >= 0.3 is 0 Å². The van der Waals surface area contributed by atoms with E-state index < -0.39 is 0 Å². The molecule has 0 saturated heterocycles. The summed E-state index contributed by atoms with van der Waals surface area (Å²) in [5.41, 5.74) is 2.64. The second-order valence-corrected chi connectivity index (χ2v) is 7.29. The Bertz CT molecular complexity index is 1080. The van der Waals surface area contributed by atoms with Crippen molar-refractivity contribution in [3.8, 4) is 0 Å². The van der Waals surface area contributed by atoms with Crippen molar-refractivity contribution >= 4 is 34.7 Å². The van der Waals surface area contributed by atoms with Crippen LogP contribution in [-0.2, 0) is 0 Å². The summed E-state index contributed by atoms with van der Waals surface area (Å²) in [5, 5.41) is 10.5. The molecule has 4 heteroatoms. The highest BCUT2D eigenvalue weighted by Gasteiger charge is 2.30. The van der Waals surface area contributed by atoms with Gasteiger partial charge in [-0.3, -0.25) is 9.79 Å². The zero-order chi connectivity index (χ0) is 18.8. The maximum atomic E-state index is 12.7. The zero-order valence-electron chi connectivity index (χ0n) is 14.7. The van der Waals surface area contributed by atoms with Crippen LogP contribution in [0.3, 0.4) is 0 Å². The number of Topliss-reactive ketones (excluding diaryl/α,β-unsaturated/α-hetero) is 1. The summed E-state index contributed by atoms with van der Waals surface area (Å²) in [4.78, 5) is 19.5. The average molecular weight is 371 g/mol. The lowest BCUT2D eigenvalue weighted by Gasteiger charge is -2.07. The predicted octanol–water partition coefficient (Wildman–Crippen LogP) is 6.10. The Morgan fingerprint density at radius 2 is 1.48 bits per heavy atom. The van der Waals surface area contributed by atoms with E-state index in [-0.39, 0.29) is 17.1 Å². The summed E-state index contributed by atoms with van der Waals surface area (Å²) >= 11 is 1.62. The molecule has 0 fully saturated rings. The van der Waals surface area contributed by atoms with Crippen LogP contribution in [0.5, 0.6) is 0 Å². The Morgan fingerprint density at radius 3 is 2.22 bits per heavy atom. The summed E-state index contributed by atoms with van der Waals surface area (Å²) in [5.74, 6) is -0.178. The van der Waals surface area contributed by atoms with Crippen LogP contribution in [0.15, 0.2) is 99.2 Å². The Balaban J connectivity index is 1.71. The van der Waals surface area contributed by atoms with Gasteiger partial charge in [0.1, 0.15) is 5.76 Å². The van der Waals surface area contributed by atoms with Crippen LogP contribution >= 0.6 is 11.8 Å². The molecule has 0 saturated carbocycles. The number of nitrogens with zero attached hydrogens (tertiary/aromatic N) is 1. The van der Waals surface area contributed by atoms with Gasteiger partial charge in [0.2, 0.25) is 0 Å². The second-order valence-electron chi connectivity index (χ2n) is 6.18. The number of benzene rings is 3. The van der Waals surface area contributed by atoms with E-state index >= 15 is 0 Å². The van der Waals surface area contributed by atoms with Gasteiger partial charge in [-0.05, 0) is 31.2 Å². The molecule has 0 radical (unpaired) electrons. The van der Waals surface area contributed by atoms with E-state index in [1.54, 1.807) is 36.9 Å². The highest BCUT2D eigenvalue weighted by Crippen LogP contribution is 2.37. The van der Waals surface area contributed by atoms with Crippen molar-refractivity contribution < 1.29 is 9.90 Å². The Morgan fingerprint density at radius 1 is 0.852 bits per heavy atom. The molecule has 0 amide bonds. The van der Waals surface area contributed by atoms with Crippen molar-refractivity contribution in [3.63, 3.8) is 0 Å². The first-order chi connectivity index (χ1) is 13.1. The number of ketones is 1. The van der Waals surface area contributed by atoms with E-state index in [4.69, 9.17) is 0 Å². The summed E-state index contributed by atoms with van der Waals surface area (Å²) in [6.07, 6.45) is 0. The van der Waals surface area contributed by atoms with Crippen molar-refractivity contribution in [1.29, 1.82) is 0 Å². The fraction of sp³-hybridized carbons (Fsp3) is 0.0435. The van der Waals surface area contributed by atoms with E-state index in [0.29, 0.717) is 16.8 Å². The van der Waals surface area contributed by atoms with E-state index in [1.165, 1.54) is 0 Å². The van der Waals surface area contributed by atoms with Gasteiger partial charge in [0.15, 0.2) is 5.78 Å². The minimum absolute atomic E-state index is 0.00467. The SMILES string of the molecule is CC(=Nc1ccccc1Sc1ccccc1)C1=C(O)c2ccccc2C1=O. The minimum Gasteiger partial charge on any atom is -0.506 e. The molecule has 1 aliphatic rings. The van der Waals surface area contributed by atoms with Gasteiger partial charge in [0.25, 0.3) is 0 Å². The molecule has 27 heavy (non-hydrogen) atoms. The van der Waals surface area contributed by atoms with E-state index in [2.05, 4.69) is 4.99 Å². The van der Waals surface area contributed by atoms with Gasteiger partial charge in [-0.2, -0.15) is 0 Å². The quantitative estimate of drug-likeness (QED) is 0.564. The Hall–Kier alpha value is -3.11. The Labute approximate surface area is 162 Å². The van der Waals surface area contributed by atoms with Crippen molar-refractivity contribution in [1.82, 2.24) is 0 Å². The average Bonchev–Trinajstić information content (AvgIpc) is 2.95. The minimum atomic E-state index is -0.183. The van der Waals surface area contributed by atoms with Crippen LogP contribution in [0.4, 0.5) is 5.69 Å². The molecule has 3 nitrogen and oxygen atoms in total. The number of para-hydroxylation sites is 1. The van der Waals surface area contributed by atoms with Crippen LogP contribution in [0.25, 0.3) is 5.76 Å². The molecule has 0 unspecified atom stereocenters. The van der Waals surface area contributed by atoms with Gasteiger partial charge < -0.3 is 5.11 Å². The number of aliphatic hydroxyl groups excluding tert-OH is 1. The van der Waals surface area contributed by atoms with Crippen LogP contribution < -0.4 is 0 Å². The van der Waals surface area contributed by atoms with Crippen molar-refractivity contribution in [2.24, 2.45) is 4.99 Å². The van der Waals surface area contributed by atoms with Gasteiger partial charge in [0.05, 0.1) is 17.0 Å². The van der Waals surface area contributed by atoms with Crippen molar-refractivity contribution in [3.05, 3.63) is 95.6 Å². The first-order valence-electron chi connectivity index (χ1n) is 8.60. The molecule has 0 atom stereocenters. The van der Waals surface area contributed by atoms with Crippen molar-refractivity contribution in [2.75, 3.05) is 0 Å². The number of aliphatic imine (C=N–C) groups is 1. The number of hydrogen-bond donors (Lipinski definition) is 1. The highest BCUT2D eigenvalue weighted by atomic mass is 32.2. The van der Waals surface area contributed by atoms with E-state index in [0.717, 1.165) is 15.5 Å². The van der Waals surface area contributed by atoms with Crippen LogP contribution in [-0.4, -0.2) is 16.6 Å². The number of carbonyl (C=O) groups is 1. The molecule has 1 aliphatic carbocycles. The molecule has 4 rings (SSSR count). The lowest BCUT2D eigenvalue weighted by molar-refractivity contribution is 0.104. The molecule has 0 spiro atoms. The van der Waals surface area contributed by atoms with E-state index in [1.807, 2.05) is 60.7 Å². The smallest absolute Gasteiger partial charge is 0.199 e. The normalized spacial score (nSPS) is 13.8. The zero-order valence-corrected chi connectivity index (χ0v) is 15.5. The lowest BCUT2D eigenvalue weighted by Crippen LogP contribution is -2.07. The third-order valence-electron chi connectivity index (χ3n) is 4.38. The molecule has 1 N–H and O–H groups in total. The molecule has 0 bridgehead atoms. The number of allylic oxidation sites excluding steroid dienone is 1. The number of hydrogen-bond acceptors (Lipinski definition) is 4. The summed E-state index contributed by atoms with van der Waals surface area (Å²) in [7, 11) is 0. The fourth-order valence-electron chi connectivity index (χ4n) is 3.09. The van der Waals surface area contributed by atoms with Gasteiger partial charge in [-0.15, -0.1) is 0 Å². The lowest BCUT2D eigenvalue weighted by atomic mass is 10.1. The second kappa shape index (κ2) is 7.25. The number of rotatable bonds is 4. The maximum absolute atomic E-state index is 12.7. The number of aliphatic hydroxyl groups is 1. The molecule has 0 heterocycles. The molecule has 3 aromatic rings. The molecule has 0 aromatic heterocycles. The van der Waals surface area contributed by atoms with E-state index in [9.17, 15) is 9.90 Å². The number of carbonyl (C=O) groups excluding carboxylic acids is 1. The molecule has 0 aliphatic heterocycles. The van der Waals surface area contributed by atoms with Gasteiger partial charge in [-0.25, -0.2) is 0 Å². The molecule has 3 aromatic carbocycles. The number of fused-ring (bicyclic) bond motifs is 1. The van der Waals surface area contributed by atoms with Crippen LogP contribution in [0.2, 0.25) is 0 Å². The third-order valence-corrected chi connectivity index (χ3v) is 5.45. The standard InChI is InChI=1S/C23H17NO2S/c1-15(21-22(25)17-11-5-6-12-18(17)23(21)26)24-19-13-7-8-14-20(19)27-16-9-3-2-4-10-16/h2-14,25H,1H3. The first kappa shape index (κ1) is 17.3. The van der Waals surface area contributed by atoms with Crippen LogP contribution in [0, 0.1) is 0 Å². The highest BCUT2D eigenvalue weighted by molar-refractivity contribution is 7.99. The maximum Gasteiger partial charge on any atom is 0.199 e. The Kier molecular flexibility index (Phi) is 4.65. The topological polar surface area (TPSA) is 49.7 Å². The fourth-order valence-corrected chi connectivity index (χ4v) is 4.00. The van der Waals surface area contributed by atoms with Crippen molar-refractivity contribution in [2.45, 2.75) is 16.7 Å². The van der Waals surface area contributed by atoms with Gasteiger partial charge in [0, 0.05) is 20.9 Å². The largest absolute Gasteiger partial charge is 0.506 e. The predicted molar refractivity (Wildman–Crippen MR) is 110 cm³/mol. The summed E-state index contributed by atoms with van der Waals surface area (Å²) < 4.78 is 0. The molecular weight excluding hydrogens is 354 g/mol. The summed E-state index contributed by atoms with van der Waals surface area (Å²) in [6.45, 7) is 1.76. The third kappa shape index (κ3) is 3.32. The molecular formula is C23H17NO2S. The van der Waals surface area contributed by atoms with Gasteiger partial charge in [-0.1, -0.05) is 66.4 Å². The van der Waals surface area contributed by atoms with Crippen LogP contribution in [0.1, 0.15) is 22.8 Å².